The Hall–Kier alpha value is -3.45. The molecule has 1 amide bonds. The largest absolute Gasteiger partial charge is 0.506 e. The lowest BCUT2D eigenvalue weighted by molar-refractivity contribution is 0.0948. The van der Waals surface area contributed by atoms with E-state index in [2.05, 4.69) is 10.3 Å². The number of benzene rings is 2. The van der Waals surface area contributed by atoms with Crippen LogP contribution in [0.4, 0.5) is 0 Å². The van der Waals surface area contributed by atoms with E-state index in [9.17, 15) is 14.7 Å². The molecule has 6 nitrogen and oxygen atoms in total. The van der Waals surface area contributed by atoms with Crippen molar-refractivity contribution in [1.29, 1.82) is 0 Å². The lowest BCUT2D eigenvalue weighted by Gasteiger charge is -2.11. The molecule has 0 aliphatic heterocycles. The Bertz CT molecular complexity index is 1260. The summed E-state index contributed by atoms with van der Waals surface area (Å²) >= 11 is 1.48. The molecule has 2 aromatic heterocycles. The average Bonchev–Trinajstić information content (AvgIpc) is 3.24. The number of rotatable bonds is 4. The van der Waals surface area contributed by atoms with Crippen LogP contribution in [0, 0.1) is 6.92 Å². The van der Waals surface area contributed by atoms with Crippen LogP contribution in [-0.2, 0) is 13.6 Å². The first-order chi connectivity index (χ1) is 14.0. The van der Waals surface area contributed by atoms with Crippen molar-refractivity contribution in [3.8, 4) is 16.5 Å². The quantitative estimate of drug-likeness (QED) is 0.543. The fraction of sp³-hybridized carbons (Fsp3) is 0.136. The van der Waals surface area contributed by atoms with E-state index in [0.29, 0.717) is 17.9 Å². The van der Waals surface area contributed by atoms with Crippen LogP contribution in [0.25, 0.3) is 21.6 Å². The van der Waals surface area contributed by atoms with Crippen LogP contribution in [0.15, 0.2) is 58.7 Å². The maximum Gasteiger partial charge on any atom is 0.265 e. The molecule has 7 heteroatoms. The number of aromatic nitrogens is 2. The summed E-state index contributed by atoms with van der Waals surface area (Å²) in [5, 5.41) is 15.4. The number of carbonyl (C=O) groups excluding carboxylic acids is 1. The molecule has 0 fully saturated rings. The third-order valence-corrected chi connectivity index (χ3v) is 5.64. The van der Waals surface area contributed by atoms with Gasteiger partial charge in [-0.05, 0) is 36.1 Å². The molecule has 2 aromatic carbocycles. The molecule has 0 saturated heterocycles. The van der Waals surface area contributed by atoms with E-state index in [-0.39, 0.29) is 16.7 Å². The maximum atomic E-state index is 12.9. The maximum absolute atomic E-state index is 12.9. The third kappa shape index (κ3) is 3.52. The van der Waals surface area contributed by atoms with Gasteiger partial charge in [-0.25, -0.2) is 4.98 Å². The van der Waals surface area contributed by atoms with Crippen LogP contribution in [0.1, 0.15) is 21.5 Å². The number of nitrogens with zero attached hydrogens (tertiary/aromatic N) is 2. The fourth-order valence-corrected chi connectivity index (χ4v) is 3.88. The first-order valence-corrected chi connectivity index (χ1v) is 9.94. The van der Waals surface area contributed by atoms with Gasteiger partial charge in [-0.1, -0.05) is 35.9 Å². The number of amides is 1. The highest BCUT2D eigenvalue weighted by Crippen LogP contribution is 2.28. The highest BCUT2D eigenvalue weighted by Gasteiger charge is 2.19. The molecule has 29 heavy (non-hydrogen) atoms. The van der Waals surface area contributed by atoms with Gasteiger partial charge in [-0.15, -0.1) is 11.3 Å². The van der Waals surface area contributed by atoms with Crippen LogP contribution in [0.5, 0.6) is 5.75 Å². The highest BCUT2D eigenvalue weighted by molar-refractivity contribution is 7.13. The minimum Gasteiger partial charge on any atom is -0.506 e. The number of aromatic hydroxyl groups is 1. The van der Waals surface area contributed by atoms with Gasteiger partial charge >= 0.3 is 0 Å². The van der Waals surface area contributed by atoms with E-state index in [4.69, 9.17) is 0 Å². The Morgan fingerprint density at radius 3 is 2.62 bits per heavy atom. The van der Waals surface area contributed by atoms with E-state index < -0.39 is 11.5 Å². The molecule has 0 aliphatic rings. The van der Waals surface area contributed by atoms with Crippen LogP contribution in [0.3, 0.4) is 0 Å². The van der Waals surface area contributed by atoms with E-state index in [1.165, 1.54) is 22.0 Å². The van der Waals surface area contributed by atoms with Crippen LogP contribution in [-0.4, -0.2) is 20.6 Å². The molecular formula is C22H19N3O3S. The highest BCUT2D eigenvalue weighted by atomic mass is 32.1. The number of nitrogens with one attached hydrogen (secondary N) is 1. The monoisotopic (exact) mass is 405 g/mol. The van der Waals surface area contributed by atoms with Gasteiger partial charge in [0.25, 0.3) is 11.5 Å². The van der Waals surface area contributed by atoms with Crippen molar-refractivity contribution < 1.29 is 9.90 Å². The molecule has 2 N–H and O–H groups in total. The second-order valence-electron chi connectivity index (χ2n) is 6.80. The average molecular weight is 405 g/mol. The first-order valence-electron chi connectivity index (χ1n) is 9.06. The minimum absolute atomic E-state index is 0.0378. The molecule has 0 bridgehead atoms. The summed E-state index contributed by atoms with van der Waals surface area (Å²) in [7, 11) is 1.60. The zero-order valence-corrected chi connectivity index (χ0v) is 16.8. The van der Waals surface area contributed by atoms with E-state index >= 15 is 0 Å². The zero-order chi connectivity index (χ0) is 20.5. The second-order valence-corrected chi connectivity index (χ2v) is 7.75. The number of phenols is 1. The van der Waals surface area contributed by atoms with Gasteiger partial charge in [-0.3, -0.25) is 14.2 Å². The Labute approximate surface area is 171 Å². The first kappa shape index (κ1) is 18.9. The van der Waals surface area contributed by atoms with Crippen LogP contribution >= 0.6 is 11.3 Å². The molecule has 4 rings (SSSR count). The summed E-state index contributed by atoms with van der Waals surface area (Å²) in [6.45, 7) is 2.32. The van der Waals surface area contributed by atoms with Crippen molar-refractivity contribution in [3.05, 3.63) is 81.0 Å². The lowest BCUT2D eigenvalue weighted by Crippen LogP contribution is -2.24. The van der Waals surface area contributed by atoms with Gasteiger partial charge in [0.2, 0.25) is 0 Å². The van der Waals surface area contributed by atoms with E-state index in [0.717, 1.165) is 16.0 Å². The normalized spacial score (nSPS) is 11.0. The van der Waals surface area contributed by atoms with Crippen LogP contribution < -0.4 is 10.9 Å². The summed E-state index contributed by atoms with van der Waals surface area (Å²) in [5.41, 5.74) is 2.08. The van der Waals surface area contributed by atoms with Crippen molar-refractivity contribution in [3.63, 3.8) is 0 Å². The third-order valence-electron chi connectivity index (χ3n) is 4.78. The SMILES string of the molecule is Cc1ccc(CNC(=O)c2ccc3nc(-c4cccs4)n(C)c(=O)c3c2O)cc1. The predicted octanol–water partition coefficient (Wildman–Crippen LogP) is 3.61. The zero-order valence-electron chi connectivity index (χ0n) is 16.0. The van der Waals surface area contributed by atoms with Crippen molar-refractivity contribution >= 4 is 28.1 Å². The van der Waals surface area contributed by atoms with Crippen molar-refractivity contribution in [1.82, 2.24) is 14.9 Å². The number of aryl methyl sites for hydroxylation is 1. The Balaban J connectivity index is 1.69. The Kier molecular flexibility index (Phi) is 4.90. The van der Waals surface area contributed by atoms with Gasteiger partial charge in [0.1, 0.15) is 11.1 Å². The predicted molar refractivity (Wildman–Crippen MR) is 114 cm³/mol. The summed E-state index contributed by atoms with van der Waals surface area (Å²) in [6.07, 6.45) is 0. The van der Waals surface area contributed by atoms with E-state index in [1.807, 2.05) is 48.7 Å². The van der Waals surface area contributed by atoms with E-state index in [1.54, 1.807) is 13.1 Å². The molecule has 0 unspecified atom stereocenters. The molecule has 4 aromatic rings. The van der Waals surface area contributed by atoms with Gasteiger partial charge in [0.15, 0.2) is 5.82 Å². The molecular weight excluding hydrogens is 386 g/mol. The second kappa shape index (κ2) is 7.52. The smallest absolute Gasteiger partial charge is 0.265 e. The van der Waals surface area contributed by atoms with Crippen molar-refractivity contribution in [2.24, 2.45) is 7.05 Å². The minimum atomic E-state index is -0.450. The number of carbonyl (C=O) groups is 1. The Morgan fingerprint density at radius 1 is 1.17 bits per heavy atom. The number of phenolic OH excluding ortho intramolecular Hbond substituents is 1. The molecule has 0 saturated carbocycles. The number of fused-ring (bicyclic) bond motifs is 1. The number of thiophene rings is 1. The summed E-state index contributed by atoms with van der Waals surface area (Å²) in [4.78, 5) is 30.9. The van der Waals surface area contributed by atoms with Crippen molar-refractivity contribution in [2.75, 3.05) is 0 Å². The molecule has 0 atom stereocenters. The van der Waals surface area contributed by atoms with Gasteiger partial charge < -0.3 is 10.4 Å². The van der Waals surface area contributed by atoms with Gasteiger partial charge in [0, 0.05) is 13.6 Å². The summed E-state index contributed by atoms with van der Waals surface area (Å²) in [6, 6.07) is 14.6. The summed E-state index contributed by atoms with van der Waals surface area (Å²) in [5.74, 6) is -0.280. The Morgan fingerprint density at radius 2 is 1.93 bits per heavy atom. The van der Waals surface area contributed by atoms with Crippen LogP contribution in [0.2, 0.25) is 0 Å². The van der Waals surface area contributed by atoms with Crippen molar-refractivity contribution in [2.45, 2.75) is 13.5 Å². The molecule has 0 aliphatic carbocycles. The molecule has 146 valence electrons. The molecule has 0 spiro atoms. The van der Waals surface area contributed by atoms with Gasteiger partial charge in [-0.2, -0.15) is 0 Å². The lowest BCUT2D eigenvalue weighted by atomic mass is 10.1. The van der Waals surface area contributed by atoms with Gasteiger partial charge in [0.05, 0.1) is 16.0 Å². The topological polar surface area (TPSA) is 84.2 Å². The fourth-order valence-electron chi connectivity index (χ4n) is 3.13. The molecule has 2 heterocycles. The summed E-state index contributed by atoms with van der Waals surface area (Å²) < 4.78 is 1.39. The number of hydrogen-bond acceptors (Lipinski definition) is 5. The number of hydrogen-bond donors (Lipinski definition) is 2. The standard InChI is InChI=1S/C22H19N3O3S/c1-13-5-7-14(8-6-13)12-23-21(27)15-9-10-16-18(19(15)26)22(28)25(2)20(24-16)17-4-3-11-29-17/h3-11,26H,12H2,1-2H3,(H,23,27). The molecule has 0 radical (unpaired) electrons.